The molecule has 0 unspecified atom stereocenters. The summed E-state index contributed by atoms with van der Waals surface area (Å²) < 4.78 is 19.7. The van der Waals surface area contributed by atoms with Crippen LogP contribution in [-0.4, -0.2) is 51.3 Å². The fourth-order valence-corrected chi connectivity index (χ4v) is 3.44. The second-order valence-corrected chi connectivity index (χ2v) is 6.62. The zero-order valence-corrected chi connectivity index (χ0v) is 16.4. The molecule has 32 heavy (non-hydrogen) atoms. The quantitative estimate of drug-likeness (QED) is 0.376. The lowest BCUT2D eigenvalue weighted by atomic mass is 10.2. The monoisotopic (exact) mass is 448 g/mol. The summed E-state index contributed by atoms with van der Waals surface area (Å²) in [6, 6.07) is 3.44. The van der Waals surface area contributed by atoms with Crippen molar-refractivity contribution in [1.82, 2.24) is 45.5 Å². The van der Waals surface area contributed by atoms with E-state index in [9.17, 15) is 0 Å². The van der Waals surface area contributed by atoms with E-state index < -0.39 is 0 Å². The normalized spacial score (nSPS) is 14.2. The first kappa shape index (κ1) is 18.0. The Morgan fingerprint density at radius 1 is 0.906 bits per heavy atom. The molecule has 156 valence electrons. The number of hydrogen-bond acceptors (Lipinski definition) is 16. The second-order valence-electron chi connectivity index (χ2n) is 6.01. The number of aromatic nitrogens is 9. The van der Waals surface area contributed by atoms with Crippen LogP contribution in [0.3, 0.4) is 0 Å². The third-order valence-electron chi connectivity index (χ3n) is 4.23. The predicted molar refractivity (Wildman–Crippen MR) is 105 cm³/mol. The van der Waals surface area contributed by atoms with Gasteiger partial charge in [-0.3, -0.25) is 0 Å². The molecule has 1 aliphatic rings. The van der Waals surface area contributed by atoms with Crippen LogP contribution in [0.4, 0.5) is 11.8 Å². The molecule has 5 aromatic heterocycles. The van der Waals surface area contributed by atoms with Crippen molar-refractivity contribution in [2.45, 2.75) is 0 Å². The van der Waals surface area contributed by atoms with Crippen LogP contribution < -0.4 is 10.0 Å². The molecule has 0 aromatic carbocycles. The van der Waals surface area contributed by atoms with Crippen molar-refractivity contribution < 1.29 is 13.5 Å². The van der Waals surface area contributed by atoms with Crippen LogP contribution in [0.15, 0.2) is 67.2 Å². The average molecular weight is 448 g/mol. The zero-order chi connectivity index (χ0) is 21.3. The minimum absolute atomic E-state index is 0.162. The maximum atomic E-state index is 5.61. The highest BCUT2D eigenvalue weighted by atomic mass is 32.1. The van der Waals surface area contributed by atoms with Crippen LogP contribution in [0.2, 0.25) is 0 Å². The standard InChI is InChI=1S/C16H8N12O3S/c1-3-18-24-20-9(1)15-19-13(11-8-32-26-22-11)14(10-7-31-25-21-10)27(12-2-5-30-23-12)28(15)16-17-4-6-29-16/h1-8H. The molecule has 5 aromatic rings. The van der Waals surface area contributed by atoms with Crippen LogP contribution in [0.1, 0.15) is 17.1 Å². The van der Waals surface area contributed by atoms with Gasteiger partial charge in [0.25, 0.3) is 0 Å². The molecule has 0 atom stereocenters. The third kappa shape index (κ3) is 2.89. The van der Waals surface area contributed by atoms with Gasteiger partial charge in [-0.2, -0.15) is 5.01 Å². The van der Waals surface area contributed by atoms with Gasteiger partial charge in [-0.05, 0) is 22.8 Å². The van der Waals surface area contributed by atoms with E-state index in [0.29, 0.717) is 40.1 Å². The van der Waals surface area contributed by atoms with E-state index in [4.69, 9.17) is 18.5 Å². The molecule has 0 saturated heterocycles. The van der Waals surface area contributed by atoms with Gasteiger partial charge in [0.05, 0.1) is 12.4 Å². The number of aliphatic imine (C=N–C) groups is 1. The highest BCUT2D eigenvalue weighted by molar-refractivity contribution is 7.03. The van der Waals surface area contributed by atoms with Gasteiger partial charge < -0.3 is 13.5 Å². The lowest BCUT2D eigenvalue weighted by Gasteiger charge is -2.37. The van der Waals surface area contributed by atoms with Gasteiger partial charge >= 0.3 is 6.01 Å². The number of hydrazine groups is 1. The summed E-state index contributed by atoms with van der Waals surface area (Å²) >= 11 is 1.17. The molecule has 15 nitrogen and oxygen atoms in total. The van der Waals surface area contributed by atoms with Gasteiger partial charge in [0.2, 0.25) is 0 Å². The molecular weight excluding hydrogens is 440 g/mol. The molecule has 0 bridgehead atoms. The van der Waals surface area contributed by atoms with Crippen LogP contribution in [0.5, 0.6) is 0 Å². The Hall–Kier alpha value is -4.86. The fourth-order valence-electron chi connectivity index (χ4n) is 3.00. The summed E-state index contributed by atoms with van der Waals surface area (Å²) in [5.41, 5.74) is 2.01. The molecular formula is C16H8N12O3S. The second kappa shape index (κ2) is 7.43. The molecule has 0 amide bonds. The van der Waals surface area contributed by atoms with E-state index in [1.807, 2.05) is 0 Å². The highest BCUT2D eigenvalue weighted by Gasteiger charge is 2.40. The Morgan fingerprint density at radius 2 is 1.91 bits per heavy atom. The summed E-state index contributed by atoms with van der Waals surface area (Å²) in [5, 5.41) is 32.4. The largest absolute Gasteiger partial charge is 0.431 e. The summed E-state index contributed by atoms with van der Waals surface area (Å²) in [6.45, 7) is 0. The molecule has 0 radical (unpaired) electrons. The van der Waals surface area contributed by atoms with Crippen molar-refractivity contribution >= 4 is 40.6 Å². The van der Waals surface area contributed by atoms with Crippen molar-refractivity contribution in [2.24, 2.45) is 4.99 Å². The highest BCUT2D eigenvalue weighted by Crippen LogP contribution is 2.39. The van der Waals surface area contributed by atoms with Crippen LogP contribution >= 0.6 is 11.5 Å². The van der Waals surface area contributed by atoms with Gasteiger partial charge in [-0.15, -0.1) is 20.4 Å². The lowest BCUT2D eigenvalue weighted by Crippen LogP contribution is -2.50. The van der Waals surface area contributed by atoms with Crippen LogP contribution in [-0.2, 0) is 0 Å². The maximum absolute atomic E-state index is 5.61. The molecule has 0 saturated carbocycles. The van der Waals surface area contributed by atoms with Crippen molar-refractivity contribution in [1.29, 1.82) is 0 Å². The van der Waals surface area contributed by atoms with Gasteiger partial charge in [0.1, 0.15) is 35.3 Å². The molecule has 0 fully saturated rings. The minimum Gasteiger partial charge on any atom is -0.431 e. The van der Waals surface area contributed by atoms with Gasteiger partial charge in [0, 0.05) is 16.7 Å². The number of nitrogens with zero attached hydrogens (tertiary/aromatic N) is 12. The molecule has 0 aliphatic carbocycles. The Balaban J connectivity index is 1.70. The first-order chi connectivity index (χ1) is 15.9. The maximum Gasteiger partial charge on any atom is 0.323 e. The topological polar surface area (TPSA) is 174 Å². The molecule has 6 rings (SSSR count). The van der Waals surface area contributed by atoms with Crippen LogP contribution in [0, 0.1) is 0 Å². The summed E-state index contributed by atoms with van der Waals surface area (Å²) in [6.07, 6.45) is 7.19. The van der Waals surface area contributed by atoms with E-state index in [2.05, 4.69) is 45.5 Å². The Morgan fingerprint density at radius 3 is 2.59 bits per heavy atom. The SMILES string of the molecule is c1cc(C2=NC(c3csnn3)=C(c3conn3)N(c3ccon3)N2c2ncco2)nnn1. The Kier molecular flexibility index (Phi) is 4.17. The van der Waals surface area contributed by atoms with E-state index >= 15 is 0 Å². The lowest BCUT2D eigenvalue weighted by molar-refractivity contribution is 0.393. The van der Waals surface area contributed by atoms with Crippen molar-refractivity contribution in [2.75, 3.05) is 10.0 Å². The Labute approximate surface area is 180 Å². The minimum atomic E-state index is 0.162. The first-order valence-electron chi connectivity index (χ1n) is 8.83. The van der Waals surface area contributed by atoms with Crippen molar-refractivity contribution in [3.05, 3.63) is 65.8 Å². The number of anilines is 2. The van der Waals surface area contributed by atoms with Gasteiger partial charge in [-0.25, -0.2) is 15.0 Å². The van der Waals surface area contributed by atoms with E-state index in [1.54, 1.807) is 22.5 Å². The number of oxazole rings is 1. The smallest absolute Gasteiger partial charge is 0.323 e. The van der Waals surface area contributed by atoms with Crippen molar-refractivity contribution in [3.8, 4) is 0 Å². The Bertz CT molecular complexity index is 1370. The number of hydrogen-bond donors (Lipinski definition) is 0. The predicted octanol–water partition coefficient (Wildman–Crippen LogP) is 1.30. The van der Waals surface area contributed by atoms with Crippen LogP contribution in [0.25, 0.3) is 11.4 Å². The van der Waals surface area contributed by atoms with Gasteiger partial charge in [-0.1, -0.05) is 9.64 Å². The summed E-state index contributed by atoms with van der Waals surface area (Å²) in [4.78, 5) is 9.10. The fraction of sp³-hybridized carbons (Fsp3) is 0. The average Bonchev–Trinajstić information content (AvgIpc) is 3.67. The third-order valence-corrected chi connectivity index (χ3v) is 4.74. The summed E-state index contributed by atoms with van der Waals surface area (Å²) in [5.74, 6) is 0.657. The number of rotatable bonds is 5. The molecule has 0 spiro atoms. The first-order valence-corrected chi connectivity index (χ1v) is 9.66. The number of amidine groups is 1. The molecule has 0 N–H and O–H groups in total. The van der Waals surface area contributed by atoms with E-state index in [-0.39, 0.29) is 6.01 Å². The van der Waals surface area contributed by atoms with Crippen molar-refractivity contribution in [3.63, 3.8) is 0 Å². The van der Waals surface area contributed by atoms with E-state index in [0.717, 1.165) is 0 Å². The van der Waals surface area contributed by atoms with E-state index in [1.165, 1.54) is 47.7 Å². The zero-order valence-electron chi connectivity index (χ0n) is 15.6. The summed E-state index contributed by atoms with van der Waals surface area (Å²) in [7, 11) is 0. The molecule has 1 aliphatic heterocycles. The molecule has 16 heteroatoms. The molecule has 6 heterocycles. The van der Waals surface area contributed by atoms with Gasteiger partial charge in [0.15, 0.2) is 23.6 Å².